The molecule has 2 heterocycles. The molecule has 8 heteroatoms. The van der Waals surface area contributed by atoms with Crippen molar-refractivity contribution in [2.45, 2.75) is 39.2 Å². The first-order valence-corrected chi connectivity index (χ1v) is 8.82. The second-order valence-corrected chi connectivity index (χ2v) is 7.39. The Morgan fingerprint density at radius 3 is 2.56 bits per heavy atom. The lowest BCUT2D eigenvalue weighted by Crippen LogP contribution is -2.42. The van der Waals surface area contributed by atoms with Crippen molar-refractivity contribution < 1.29 is 23.8 Å². The fraction of sp³-hybridized carbons (Fsp3) is 0.579. The average Bonchev–Trinajstić information content (AvgIpc) is 2.64. The van der Waals surface area contributed by atoms with E-state index < -0.39 is 11.6 Å². The van der Waals surface area contributed by atoms with E-state index in [0.29, 0.717) is 25.4 Å². The van der Waals surface area contributed by atoms with Gasteiger partial charge in [-0.05, 0) is 45.6 Å². The number of methoxy groups -OCH3 is 1. The van der Waals surface area contributed by atoms with E-state index in [0.717, 1.165) is 12.8 Å². The van der Waals surface area contributed by atoms with Crippen molar-refractivity contribution in [3.05, 3.63) is 23.5 Å². The molecule has 2 rings (SSSR count). The van der Waals surface area contributed by atoms with Gasteiger partial charge in [0.25, 0.3) is 0 Å². The minimum Gasteiger partial charge on any atom is -0.490 e. The Morgan fingerprint density at radius 2 is 2.00 bits per heavy atom. The lowest BCUT2D eigenvalue weighted by atomic mass is 9.98. The standard InChI is InChI=1S/C19H25N3O5/c1-19(2,3)27-18(24)22-7-5-13(6-8-22)12-26-16-11-21-15(17(23)25-4)9-14(16)10-20/h9,11,13H,5-8,12H2,1-4H3. The maximum Gasteiger partial charge on any atom is 0.410 e. The Kier molecular flexibility index (Phi) is 6.61. The monoisotopic (exact) mass is 375 g/mol. The molecular formula is C19H25N3O5. The van der Waals surface area contributed by atoms with Crippen LogP contribution in [0.2, 0.25) is 0 Å². The molecule has 0 radical (unpaired) electrons. The van der Waals surface area contributed by atoms with Crippen LogP contribution in [0.25, 0.3) is 0 Å². The zero-order valence-corrected chi connectivity index (χ0v) is 16.2. The topological polar surface area (TPSA) is 102 Å². The van der Waals surface area contributed by atoms with Crippen LogP contribution >= 0.6 is 0 Å². The fourth-order valence-electron chi connectivity index (χ4n) is 2.68. The zero-order chi connectivity index (χ0) is 20.0. The van der Waals surface area contributed by atoms with Crippen LogP contribution < -0.4 is 4.74 Å². The third-order valence-electron chi connectivity index (χ3n) is 4.12. The number of nitriles is 1. The van der Waals surface area contributed by atoms with Crippen LogP contribution in [-0.2, 0) is 9.47 Å². The summed E-state index contributed by atoms with van der Waals surface area (Å²) in [6, 6.07) is 3.36. The number of pyridine rings is 1. The van der Waals surface area contributed by atoms with Gasteiger partial charge in [-0.15, -0.1) is 0 Å². The van der Waals surface area contributed by atoms with Crippen molar-refractivity contribution in [1.29, 1.82) is 5.26 Å². The predicted molar refractivity (Wildman–Crippen MR) is 96.3 cm³/mol. The molecule has 1 aliphatic rings. The summed E-state index contributed by atoms with van der Waals surface area (Å²) >= 11 is 0. The summed E-state index contributed by atoms with van der Waals surface area (Å²) in [5, 5.41) is 9.25. The van der Waals surface area contributed by atoms with Gasteiger partial charge in [0.1, 0.15) is 17.4 Å². The molecule has 0 N–H and O–H groups in total. The highest BCUT2D eigenvalue weighted by Gasteiger charge is 2.27. The summed E-state index contributed by atoms with van der Waals surface area (Å²) in [6.07, 6.45) is 2.64. The first kappa shape index (κ1) is 20.5. The van der Waals surface area contributed by atoms with Gasteiger partial charge < -0.3 is 19.1 Å². The highest BCUT2D eigenvalue weighted by Crippen LogP contribution is 2.23. The first-order chi connectivity index (χ1) is 12.7. The maximum absolute atomic E-state index is 12.1. The van der Waals surface area contributed by atoms with E-state index in [2.05, 4.69) is 9.72 Å². The molecule has 0 aromatic carbocycles. The number of carbonyl (C=O) groups is 2. The molecule has 1 aromatic rings. The molecule has 0 saturated carbocycles. The van der Waals surface area contributed by atoms with Gasteiger partial charge in [0, 0.05) is 13.1 Å². The molecule has 1 fully saturated rings. The number of nitrogens with zero attached hydrogens (tertiary/aromatic N) is 3. The number of rotatable bonds is 4. The van der Waals surface area contributed by atoms with Gasteiger partial charge in [0.2, 0.25) is 0 Å². The third kappa shape index (κ3) is 5.84. The first-order valence-electron chi connectivity index (χ1n) is 8.82. The van der Waals surface area contributed by atoms with Crippen molar-refractivity contribution in [2.75, 3.05) is 26.8 Å². The smallest absolute Gasteiger partial charge is 0.410 e. The zero-order valence-electron chi connectivity index (χ0n) is 16.2. The normalized spacial score (nSPS) is 15.0. The van der Waals surface area contributed by atoms with E-state index in [1.165, 1.54) is 19.4 Å². The van der Waals surface area contributed by atoms with Gasteiger partial charge in [0.05, 0.1) is 25.5 Å². The number of aromatic nitrogens is 1. The van der Waals surface area contributed by atoms with E-state index in [4.69, 9.17) is 9.47 Å². The van der Waals surface area contributed by atoms with Gasteiger partial charge in [0.15, 0.2) is 5.75 Å². The van der Waals surface area contributed by atoms with Gasteiger partial charge in [-0.25, -0.2) is 14.6 Å². The average molecular weight is 375 g/mol. The predicted octanol–water partition coefficient (Wildman–Crippen LogP) is 2.77. The van der Waals surface area contributed by atoms with Crippen molar-refractivity contribution in [1.82, 2.24) is 9.88 Å². The Bertz CT molecular complexity index is 728. The summed E-state index contributed by atoms with van der Waals surface area (Å²) < 4.78 is 15.7. The molecular weight excluding hydrogens is 350 g/mol. The van der Waals surface area contributed by atoms with Crippen LogP contribution in [0.4, 0.5) is 4.79 Å². The van der Waals surface area contributed by atoms with Gasteiger partial charge >= 0.3 is 12.1 Å². The van der Waals surface area contributed by atoms with Crippen LogP contribution in [0.3, 0.4) is 0 Å². The van der Waals surface area contributed by atoms with Crippen molar-refractivity contribution in [2.24, 2.45) is 5.92 Å². The third-order valence-corrected chi connectivity index (χ3v) is 4.12. The molecule has 0 bridgehead atoms. The van der Waals surface area contributed by atoms with E-state index in [1.807, 2.05) is 26.8 Å². The summed E-state index contributed by atoms with van der Waals surface area (Å²) in [7, 11) is 1.25. The van der Waals surface area contributed by atoms with Crippen LogP contribution in [-0.4, -0.2) is 54.4 Å². The number of carbonyl (C=O) groups excluding carboxylic acids is 2. The number of amides is 1. The van der Waals surface area contributed by atoms with E-state index in [1.54, 1.807) is 4.90 Å². The van der Waals surface area contributed by atoms with Crippen LogP contribution in [0, 0.1) is 17.2 Å². The van der Waals surface area contributed by atoms with Crippen molar-refractivity contribution in [3.8, 4) is 11.8 Å². The second-order valence-electron chi connectivity index (χ2n) is 7.39. The molecule has 1 aliphatic heterocycles. The van der Waals surface area contributed by atoms with Crippen LogP contribution in [0.15, 0.2) is 12.3 Å². The van der Waals surface area contributed by atoms with Crippen molar-refractivity contribution >= 4 is 12.1 Å². The maximum atomic E-state index is 12.1. The summed E-state index contributed by atoms with van der Waals surface area (Å²) in [5.41, 5.74) is -0.211. The SMILES string of the molecule is COC(=O)c1cc(C#N)c(OCC2CCN(C(=O)OC(C)(C)C)CC2)cn1. The Labute approximate surface area is 159 Å². The number of hydrogen-bond donors (Lipinski definition) is 0. The molecule has 1 aromatic heterocycles. The minimum absolute atomic E-state index is 0.0621. The van der Waals surface area contributed by atoms with Gasteiger partial charge in [-0.3, -0.25) is 0 Å². The molecule has 0 unspecified atom stereocenters. The molecule has 1 saturated heterocycles. The Morgan fingerprint density at radius 1 is 1.33 bits per heavy atom. The minimum atomic E-state index is -0.604. The number of likely N-dealkylation sites (tertiary alicyclic amines) is 1. The number of piperidine rings is 1. The fourth-order valence-corrected chi connectivity index (χ4v) is 2.68. The van der Waals surface area contributed by atoms with Gasteiger partial charge in [-0.1, -0.05) is 0 Å². The summed E-state index contributed by atoms with van der Waals surface area (Å²) in [4.78, 5) is 29.3. The van der Waals surface area contributed by atoms with Crippen molar-refractivity contribution in [3.63, 3.8) is 0 Å². The number of esters is 1. The quantitative estimate of drug-likeness (QED) is 0.746. The Balaban J connectivity index is 1.87. The summed E-state index contributed by atoms with van der Waals surface area (Å²) in [6.45, 7) is 7.16. The van der Waals surface area contributed by atoms with E-state index in [-0.39, 0.29) is 23.3 Å². The molecule has 8 nitrogen and oxygen atoms in total. The van der Waals surface area contributed by atoms with Crippen LogP contribution in [0.5, 0.6) is 5.75 Å². The molecule has 1 amide bonds. The molecule has 27 heavy (non-hydrogen) atoms. The van der Waals surface area contributed by atoms with Crippen LogP contribution in [0.1, 0.15) is 49.7 Å². The number of hydrogen-bond acceptors (Lipinski definition) is 7. The molecule has 0 atom stereocenters. The lowest BCUT2D eigenvalue weighted by Gasteiger charge is -2.33. The summed E-state index contributed by atoms with van der Waals surface area (Å²) in [5.74, 6) is -0.0113. The highest BCUT2D eigenvalue weighted by molar-refractivity contribution is 5.87. The molecule has 146 valence electrons. The Hall–Kier alpha value is -2.82. The second kappa shape index (κ2) is 8.71. The number of ether oxygens (including phenoxy) is 3. The van der Waals surface area contributed by atoms with E-state index in [9.17, 15) is 14.9 Å². The molecule has 0 aliphatic carbocycles. The largest absolute Gasteiger partial charge is 0.490 e. The van der Waals surface area contributed by atoms with E-state index >= 15 is 0 Å². The molecule has 0 spiro atoms. The van der Waals surface area contributed by atoms with Gasteiger partial charge in [-0.2, -0.15) is 5.26 Å². The lowest BCUT2D eigenvalue weighted by molar-refractivity contribution is 0.0164. The highest BCUT2D eigenvalue weighted by atomic mass is 16.6.